The number of carboxylic acids is 1. The summed E-state index contributed by atoms with van der Waals surface area (Å²) in [5.41, 5.74) is -0.617. The molecule has 15 heavy (non-hydrogen) atoms. The highest BCUT2D eigenvalue weighted by atomic mass is 16.4. The average molecular weight is 216 g/mol. The van der Waals surface area contributed by atoms with Crippen LogP contribution in [-0.2, 0) is 4.79 Å². The molecule has 0 bridgehead atoms. The van der Waals surface area contributed by atoms with Gasteiger partial charge in [0.15, 0.2) is 0 Å². The quantitative estimate of drug-likeness (QED) is 0.656. The summed E-state index contributed by atoms with van der Waals surface area (Å²) in [6.45, 7) is 5.65. The highest BCUT2D eigenvalue weighted by Crippen LogP contribution is 2.22. The van der Waals surface area contributed by atoms with Gasteiger partial charge in [0.25, 0.3) is 0 Å². The molecule has 0 fully saturated rings. The van der Waals surface area contributed by atoms with E-state index in [1.54, 1.807) is 6.92 Å². The van der Waals surface area contributed by atoms with Crippen LogP contribution in [0.1, 0.15) is 59.3 Å². The Labute approximate surface area is 92.5 Å². The number of unbranched alkanes of at least 4 members (excludes halogenated alkanes) is 1. The molecule has 0 aliphatic heterocycles. The number of carbonyl (C=O) groups is 1. The van der Waals surface area contributed by atoms with Crippen LogP contribution >= 0.6 is 0 Å². The Hall–Kier alpha value is -0.570. The minimum atomic E-state index is -0.747. The normalized spacial score (nSPS) is 17.1. The molecule has 90 valence electrons. The Morgan fingerprint density at radius 3 is 2.33 bits per heavy atom. The Morgan fingerprint density at radius 2 is 1.87 bits per heavy atom. The summed E-state index contributed by atoms with van der Waals surface area (Å²) in [7, 11) is 0. The van der Waals surface area contributed by atoms with Gasteiger partial charge >= 0.3 is 5.97 Å². The summed E-state index contributed by atoms with van der Waals surface area (Å²) >= 11 is 0. The van der Waals surface area contributed by atoms with Gasteiger partial charge in [-0.1, -0.05) is 26.7 Å². The Kier molecular flexibility index (Phi) is 6.57. The zero-order valence-electron chi connectivity index (χ0n) is 10.1. The molecule has 0 heterocycles. The maximum absolute atomic E-state index is 10.6. The molecule has 0 aromatic carbocycles. The summed E-state index contributed by atoms with van der Waals surface area (Å²) in [4.78, 5) is 10.6. The molecule has 0 radical (unpaired) electrons. The van der Waals surface area contributed by atoms with Gasteiger partial charge in [-0.3, -0.25) is 4.79 Å². The third-order valence-electron chi connectivity index (χ3n) is 2.84. The number of rotatable bonds is 8. The van der Waals surface area contributed by atoms with Gasteiger partial charge in [0, 0.05) is 0 Å². The second-order valence-corrected chi connectivity index (χ2v) is 4.73. The van der Waals surface area contributed by atoms with E-state index in [9.17, 15) is 9.90 Å². The van der Waals surface area contributed by atoms with Crippen molar-refractivity contribution >= 4 is 5.97 Å². The fourth-order valence-corrected chi connectivity index (χ4v) is 1.60. The van der Waals surface area contributed by atoms with Crippen molar-refractivity contribution in [3.05, 3.63) is 0 Å². The fourth-order valence-electron chi connectivity index (χ4n) is 1.60. The standard InChI is InChI=1S/C12H24O3/c1-4-5-8-12(3,15)9-6-7-10(2)11(13)14/h10,15H,4-9H2,1-3H3,(H,13,14). The van der Waals surface area contributed by atoms with Crippen molar-refractivity contribution in [3.63, 3.8) is 0 Å². The molecule has 3 heteroatoms. The second-order valence-electron chi connectivity index (χ2n) is 4.73. The number of aliphatic carboxylic acids is 1. The van der Waals surface area contributed by atoms with Crippen LogP contribution in [-0.4, -0.2) is 21.8 Å². The summed E-state index contributed by atoms with van der Waals surface area (Å²) < 4.78 is 0. The smallest absolute Gasteiger partial charge is 0.306 e. The van der Waals surface area contributed by atoms with E-state index in [0.29, 0.717) is 12.8 Å². The van der Waals surface area contributed by atoms with Gasteiger partial charge in [-0.2, -0.15) is 0 Å². The van der Waals surface area contributed by atoms with Crippen LogP contribution < -0.4 is 0 Å². The molecule has 3 nitrogen and oxygen atoms in total. The van der Waals surface area contributed by atoms with E-state index in [-0.39, 0.29) is 5.92 Å². The lowest BCUT2D eigenvalue weighted by atomic mass is 9.91. The maximum atomic E-state index is 10.6. The van der Waals surface area contributed by atoms with Crippen LogP contribution in [0.3, 0.4) is 0 Å². The van der Waals surface area contributed by atoms with E-state index in [1.807, 2.05) is 6.92 Å². The number of carboxylic acid groups (broad SMARTS) is 1. The van der Waals surface area contributed by atoms with E-state index >= 15 is 0 Å². The zero-order valence-corrected chi connectivity index (χ0v) is 10.1. The first-order valence-electron chi connectivity index (χ1n) is 5.84. The van der Waals surface area contributed by atoms with Gasteiger partial charge in [0.05, 0.1) is 11.5 Å². The van der Waals surface area contributed by atoms with Gasteiger partial charge in [-0.25, -0.2) is 0 Å². The molecule has 0 aliphatic rings. The topological polar surface area (TPSA) is 57.5 Å². The third kappa shape index (κ3) is 7.37. The van der Waals surface area contributed by atoms with Gasteiger partial charge < -0.3 is 10.2 Å². The number of hydrogen-bond donors (Lipinski definition) is 2. The van der Waals surface area contributed by atoms with Crippen molar-refractivity contribution in [2.24, 2.45) is 5.92 Å². The van der Waals surface area contributed by atoms with E-state index in [2.05, 4.69) is 6.92 Å². The molecule has 0 aromatic rings. The molecule has 2 atom stereocenters. The van der Waals surface area contributed by atoms with Crippen LogP contribution in [0.15, 0.2) is 0 Å². The van der Waals surface area contributed by atoms with Gasteiger partial charge in [-0.15, -0.1) is 0 Å². The summed E-state index contributed by atoms with van der Waals surface area (Å²) in [6, 6.07) is 0. The fraction of sp³-hybridized carbons (Fsp3) is 0.917. The lowest BCUT2D eigenvalue weighted by molar-refractivity contribution is -0.141. The van der Waals surface area contributed by atoms with Crippen LogP contribution in [0.2, 0.25) is 0 Å². The second kappa shape index (κ2) is 6.83. The summed E-state index contributed by atoms with van der Waals surface area (Å²) in [6.07, 6.45) is 5.06. The molecule has 0 aromatic heterocycles. The number of hydrogen-bond acceptors (Lipinski definition) is 2. The van der Waals surface area contributed by atoms with Crippen LogP contribution in [0.4, 0.5) is 0 Å². The van der Waals surface area contributed by atoms with Gasteiger partial charge in [0.1, 0.15) is 0 Å². The molecule has 2 unspecified atom stereocenters. The molecule has 0 aliphatic carbocycles. The molecular formula is C12H24O3. The maximum Gasteiger partial charge on any atom is 0.306 e. The first-order chi connectivity index (χ1) is 6.89. The molecular weight excluding hydrogens is 192 g/mol. The van der Waals surface area contributed by atoms with Crippen LogP contribution in [0.5, 0.6) is 0 Å². The van der Waals surface area contributed by atoms with E-state index in [4.69, 9.17) is 5.11 Å². The summed E-state index contributed by atoms with van der Waals surface area (Å²) in [5, 5.41) is 18.6. The van der Waals surface area contributed by atoms with Gasteiger partial charge in [0.2, 0.25) is 0 Å². The molecule has 2 N–H and O–H groups in total. The molecule has 0 amide bonds. The van der Waals surface area contributed by atoms with E-state index < -0.39 is 11.6 Å². The molecule has 0 rings (SSSR count). The minimum Gasteiger partial charge on any atom is -0.481 e. The van der Waals surface area contributed by atoms with Crippen molar-refractivity contribution in [2.75, 3.05) is 0 Å². The predicted octanol–water partition coefficient (Wildman–Crippen LogP) is 2.82. The Bertz CT molecular complexity index is 187. The van der Waals surface area contributed by atoms with Crippen molar-refractivity contribution in [3.8, 4) is 0 Å². The van der Waals surface area contributed by atoms with Gasteiger partial charge in [-0.05, 0) is 32.6 Å². The minimum absolute atomic E-state index is 0.299. The van der Waals surface area contributed by atoms with E-state index in [0.717, 1.165) is 25.7 Å². The molecule has 0 spiro atoms. The Balaban J connectivity index is 3.69. The van der Waals surface area contributed by atoms with Crippen molar-refractivity contribution in [2.45, 2.75) is 64.9 Å². The van der Waals surface area contributed by atoms with Crippen LogP contribution in [0, 0.1) is 5.92 Å². The van der Waals surface area contributed by atoms with Crippen molar-refractivity contribution in [1.82, 2.24) is 0 Å². The lowest BCUT2D eigenvalue weighted by Gasteiger charge is -2.23. The molecule has 0 saturated heterocycles. The van der Waals surface area contributed by atoms with E-state index in [1.165, 1.54) is 0 Å². The largest absolute Gasteiger partial charge is 0.481 e. The van der Waals surface area contributed by atoms with Crippen molar-refractivity contribution in [1.29, 1.82) is 0 Å². The Morgan fingerprint density at radius 1 is 1.33 bits per heavy atom. The predicted molar refractivity (Wildman–Crippen MR) is 60.8 cm³/mol. The number of aliphatic hydroxyl groups is 1. The average Bonchev–Trinajstić information content (AvgIpc) is 2.14. The summed E-state index contributed by atoms with van der Waals surface area (Å²) in [5.74, 6) is -1.05. The lowest BCUT2D eigenvalue weighted by Crippen LogP contribution is -2.24. The first-order valence-corrected chi connectivity index (χ1v) is 5.84. The van der Waals surface area contributed by atoms with Crippen molar-refractivity contribution < 1.29 is 15.0 Å². The monoisotopic (exact) mass is 216 g/mol. The highest BCUT2D eigenvalue weighted by molar-refractivity contribution is 5.69. The zero-order chi connectivity index (χ0) is 11.9. The molecule has 0 saturated carbocycles. The third-order valence-corrected chi connectivity index (χ3v) is 2.84. The van der Waals surface area contributed by atoms with Crippen LogP contribution in [0.25, 0.3) is 0 Å². The highest BCUT2D eigenvalue weighted by Gasteiger charge is 2.20. The first kappa shape index (κ1) is 14.4. The SMILES string of the molecule is CCCCC(C)(O)CCCC(C)C(=O)O.